The van der Waals surface area contributed by atoms with Crippen molar-refractivity contribution in [2.45, 2.75) is 25.4 Å². The Morgan fingerprint density at radius 2 is 1.55 bits per heavy atom. The van der Waals surface area contributed by atoms with Crippen LogP contribution in [0, 0.1) is 0 Å². The zero-order valence-corrected chi connectivity index (χ0v) is 12.6. The summed E-state index contributed by atoms with van der Waals surface area (Å²) >= 11 is 0. The lowest BCUT2D eigenvalue weighted by Crippen LogP contribution is -2.38. The maximum atomic E-state index is 4.41. The van der Waals surface area contributed by atoms with E-state index in [1.165, 1.54) is 35.6 Å². The SMILES string of the molecule is c1ccc2cc([C@@H](N3CCCCC3)n3nccn3)ccc2c1. The predicted octanol–water partition coefficient (Wildman–Crippen LogP) is 3.46. The van der Waals surface area contributed by atoms with Gasteiger partial charge >= 0.3 is 0 Å². The molecule has 0 aliphatic carbocycles. The molecule has 2 aromatic carbocycles. The highest BCUT2D eigenvalue weighted by molar-refractivity contribution is 5.83. The van der Waals surface area contributed by atoms with E-state index in [9.17, 15) is 0 Å². The van der Waals surface area contributed by atoms with Crippen LogP contribution in [0.25, 0.3) is 10.8 Å². The number of piperidine rings is 1. The number of hydrogen-bond acceptors (Lipinski definition) is 3. The molecular weight excluding hydrogens is 272 g/mol. The van der Waals surface area contributed by atoms with Crippen molar-refractivity contribution in [2.24, 2.45) is 0 Å². The second-order valence-corrected chi connectivity index (χ2v) is 5.93. The van der Waals surface area contributed by atoms with Crippen LogP contribution in [0.3, 0.4) is 0 Å². The maximum Gasteiger partial charge on any atom is 0.149 e. The van der Waals surface area contributed by atoms with E-state index in [-0.39, 0.29) is 6.17 Å². The first-order valence-corrected chi connectivity index (χ1v) is 8.00. The summed E-state index contributed by atoms with van der Waals surface area (Å²) in [4.78, 5) is 4.34. The molecule has 4 heteroatoms. The molecular formula is C18H20N4. The van der Waals surface area contributed by atoms with E-state index < -0.39 is 0 Å². The summed E-state index contributed by atoms with van der Waals surface area (Å²) < 4.78 is 0. The number of rotatable bonds is 3. The molecule has 1 saturated heterocycles. The molecule has 1 aromatic heterocycles. The molecule has 3 aromatic rings. The van der Waals surface area contributed by atoms with Gasteiger partial charge in [-0.1, -0.05) is 42.8 Å². The van der Waals surface area contributed by atoms with Crippen LogP contribution < -0.4 is 0 Å². The van der Waals surface area contributed by atoms with Crippen LogP contribution in [-0.2, 0) is 0 Å². The smallest absolute Gasteiger partial charge is 0.149 e. The summed E-state index contributed by atoms with van der Waals surface area (Å²) in [5.74, 6) is 0. The Bertz CT molecular complexity index is 745. The van der Waals surface area contributed by atoms with Crippen molar-refractivity contribution < 1.29 is 0 Å². The molecule has 22 heavy (non-hydrogen) atoms. The third-order valence-corrected chi connectivity index (χ3v) is 4.46. The van der Waals surface area contributed by atoms with E-state index in [1.54, 1.807) is 12.4 Å². The highest BCUT2D eigenvalue weighted by Gasteiger charge is 2.25. The van der Waals surface area contributed by atoms with Crippen LogP contribution in [0.5, 0.6) is 0 Å². The third kappa shape index (κ3) is 2.50. The minimum Gasteiger partial charge on any atom is -0.277 e. The van der Waals surface area contributed by atoms with Crippen molar-refractivity contribution in [1.29, 1.82) is 0 Å². The third-order valence-electron chi connectivity index (χ3n) is 4.46. The van der Waals surface area contributed by atoms with Gasteiger partial charge in [0.2, 0.25) is 0 Å². The molecule has 0 spiro atoms. The van der Waals surface area contributed by atoms with Gasteiger partial charge in [-0.05, 0) is 35.2 Å². The lowest BCUT2D eigenvalue weighted by Gasteiger charge is -2.34. The van der Waals surface area contributed by atoms with Crippen molar-refractivity contribution in [3.05, 3.63) is 60.4 Å². The molecule has 0 saturated carbocycles. The number of hydrogen-bond donors (Lipinski definition) is 0. The van der Waals surface area contributed by atoms with Crippen LogP contribution >= 0.6 is 0 Å². The summed E-state index contributed by atoms with van der Waals surface area (Å²) in [6, 6.07) is 15.2. The Balaban J connectivity index is 1.78. The molecule has 0 unspecified atom stereocenters. The fourth-order valence-electron chi connectivity index (χ4n) is 3.37. The molecule has 0 bridgehead atoms. The van der Waals surface area contributed by atoms with Crippen molar-refractivity contribution in [3.8, 4) is 0 Å². The van der Waals surface area contributed by atoms with Crippen LogP contribution in [0.4, 0.5) is 0 Å². The van der Waals surface area contributed by atoms with Gasteiger partial charge in [-0.15, -0.1) is 0 Å². The van der Waals surface area contributed by atoms with Crippen molar-refractivity contribution in [2.75, 3.05) is 13.1 Å². The fourth-order valence-corrected chi connectivity index (χ4v) is 3.37. The van der Waals surface area contributed by atoms with Gasteiger partial charge in [0.05, 0.1) is 12.4 Å². The van der Waals surface area contributed by atoms with Crippen LogP contribution in [-0.4, -0.2) is 33.0 Å². The van der Waals surface area contributed by atoms with E-state index in [4.69, 9.17) is 0 Å². The molecule has 0 N–H and O–H groups in total. The number of nitrogens with zero attached hydrogens (tertiary/aromatic N) is 4. The molecule has 4 rings (SSSR count). The van der Waals surface area contributed by atoms with Crippen molar-refractivity contribution >= 4 is 10.8 Å². The number of aromatic nitrogens is 3. The lowest BCUT2D eigenvalue weighted by atomic mass is 10.0. The first-order chi connectivity index (χ1) is 10.9. The number of benzene rings is 2. The Hall–Kier alpha value is -2.20. The molecule has 1 fully saturated rings. The van der Waals surface area contributed by atoms with Gasteiger partial charge in [-0.3, -0.25) is 4.90 Å². The minimum atomic E-state index is 0.0971. The zero-order valence-electron chi connectivity index (χ0n) is 12.6. The normalized spacial score (nSPS) is 17.6. The van der Waals surface area contributed by atoms with Gasteiger partial charge in [0.1, 0.15) is 6.17 Å². The summed E-state index contributed by atoms with van der Waals surface area (Å²) in [6.45, 7) is 2.22. The van der Waals surface area contributed by atoms with Crippen LogP contribution in [0.15, 0.2) is 54.9 Å². The topological polar surface area (TPSA) is 34.0 Å². The van der Waals surface area contributed by atoms with Crippen molar-refractivity contribution in [1.82, 2.24) is 19.9 Å². The summed E-state index contributed by atoms with van der Waals surface area (Å²) in [6.07, 6.45) is 7.46. The van der Waals surface area contributed by atoms with E-state index in [0.717, 1.165) is 13.1 Å². The van der Waals surface area contributed by atoms with Gasteiger partial charge < -0.3 is 0 Å². The van der Waals surface area contributed by atoms with Gasteiger partial charge in [-0.2, -0.15) is 15.0 Å². The van der Waals surface area contributed by atoms with Crippen molar-refractivity contribution in [3.63, 3.8) is 0 Å². The average Bonchev–Trinajstić information content (AvgIpc) is 3.10. The molecule has 1 aliphatic heterocycles. The Labute approximate surface area is 130 Å². The average molecular weight is 292 g/mol. The predicted molar refractivity (Wildman–Crippen MR) is 87.5 cm³/mol. The van der Waals surface area contributed by atoms with Gasteiger partial charge in [0.15, 0.2) is 0 Å². The standard InChI is InChI=1S/C18H20N4/c1-4-12-21(13-5-1)18(22-19-10-11-20-22)17-9-8-15-6-2-3-7-16(15)14-17/h2-3,6-11,14,18H,1,4-5,12-13H2/t18-/m0/s1. The number of fused-ring (bicyclic) bond motifs is 1. The molecule has 1 atom stereocenters. The highest BCUT2D eigenvalue weighted by atomic mass is 15.5. The van der Waals surface area contributed by atoms with E-state index in [2.05, 4.69) is 57.6 Å². The quantitative estimate of drug-likeness (QED) is 0.741. The summed E-state index contributed by atoms with van der Waals surface area (Å²) in [7, 11) is 0. The maximum absolute atomic E-state index is 4.41. The monoisotopic (exact) mass is 292 g/mol. The van der Waals surface area contributed by atoms with E-state index in [0.29, 0.717) is 0 Å². The molecule has 0 radical (unpaired) electrons. The van der Waals surface area contributed by atoms with Gasteiger partial charge in [0.25, 0.3) is 0 Å². The fraction of sp³-hybridized carbons (Fsp3) is 0.333. The summed E-state index contributed by atoms with van der Waals surface area (Å²) in [5, 5.41) is 11.4. The molecule has 1 aliphatic rings. The second kappa shape index (κ2) is 5.89. The Kier molecular flexibility index (Phi) is 3.60. The molecule has 0 amide bonds. The second-order valence-electron chi connectivity index (χ2n) is 5.93. The lowest BCUT2D eigenvalue weighted by molar-refractivity contribution is 0.121. The Morgan fingerprint density at radius 3 is 2.32 bits per heavy atom. The molecule has 4 nitrogen and oxygen atoms in total. The van der Waals surface area contributed by atoms with Crippen LogP contribution in [0.1, 0.15) is 31.0 Å². The first-order valence-electron chi connectivity index (χ1n) is 8.00. The van der Waals surface area contributed by atoms with Gasteiger partial charge in [-0.25, -0.2) is 0 Å². The number of likely N-dealkylation sites (tertiary alicyclic amines) is 1. The largest absolute Gasteiger partial charge is 0.277 e. The zero-order chi connectivity index (χ0) is 14.8. The van der Waals surface area contributed by atoms with E-state index in [1.807, 2.05) is 4.80 Å². The highest BCUT2D eigenvalue weighted by Crippen LogP contribution is 2.27. The van der Waals surface area contributed by atoms with Gasteiger partial charge in [0, 0.05) is 13.1 Å². The first kappa shape index (κ1) is 13.5. The van der Waals surface area contributed by atoms with Crippen LogP contribution in [0.2, 0.25) is 0 Å². The molecule has 2 heterocycles. The Morgan fingerprint density at radius 1 is 0.818 bits per heavy atom. The minimum absolute atomic E-state index is 0.0971. The molecule has 112 valence electrons. The summed E-state index contributed by atoms with van der Waals surface area (Å²) in [5.41, 5.74) is 1.26. The van der Waals surface area contributed by atoms with E-state index >= 15 is 0 Å².